The van der Waals surface area contributed by atoms with Crippen molar-refractivity contribution in [1.29, 1.82) is 0 Å². The molecule has 0 aliphatic heterocycles. The smallest absolute Gasteiger partial charge is 0.489 e. The first kappa shape index (κ1) is 25.2. The van der Waals surface area contributed by atoms with Crippen molar-refractivity contribution < 1.29 is 33.8 Å². The van der Waals surface area contributed by atoms with E-state index in [1.165, 1.54) is 18.2 Å². The van der Waals surface area contributed by atoms with E-state index in [1.54, 1.807) is 0 Å². The van der Waals surface area contributed by atoms with Gasteiger partial charge in [-0.15, -0.1) is 0 Å². The molecule has 0 aromatic heterocycles. The lowest BCUT2D eigenvalue weighted by atomic mass is 9.77. The van der Waals surface area contributed by atoms with Crippen molar-refractivity contribution in [1.82, 2.24) is 5.32 Å². The normalized spacial score (nSPS) is 11.4. The third kappa shape index (κ3) is 7.00. The molecular weight excluding hydrogens is 413 g/mol. The summed E-state index contributed by atoms with van der Waals surface area (Å²) in [5.41, 5.74) is 0.840. The van der Waals surface area contributed by atoms with E-state index in [1.807, 2.05) is 39.0 Å². The Hall–Kier alpha value is -3.04. The number of carbonyl (C=O) groups excluding carboxylic acids is 2. The van der Waals surface area contributed by atoms with Crippen LogP contribution in [0.4, 0.5) is 0 Å². The van der Waals surface area contributed by atoms with Crippen LogP contribution in [0.25, 0.3) is 0 Å². The van der Waals surface area contributed by atoms with E-state index in [0.717, 1.165) is 18.4 Å². The lowest BCUT2D eigenvalue weighted by molar-refractivity contribution is -0.123. The molecule has 32 heavy (non-hydrogen) atoms. The van der Waals surface area contributed by atoms with Crippen LogP contribution in [0.15, 0.2) is 36.4 Å². The first-order valence-corrected chi connectivity index (χ1v) is 10.7. The Balaban J connectivity index is 2.04. The van der Waals surface area contributed by atoms with E-state index in [0.29, 0.717) is 31.0 Å². The second-order valence-electron chi connectivity index (χ2n) is 7.23. The van der Waals surface area contributed by atoms with Crippen LogP contribution >= 0.6 is 0 Å². The SMILES string of the molecule is CCCOc1ccc(C(C)NC(=O)COc2cccc(B(O)O)c2C=O)cc1OCCC. The minimum atomic E-state index is -1.82. The molecule has 2 rings (SSSR count). The standard InChI is InChI=1S/C23H30BNO7/c1-4-11-30-21-10-9-17(13-22(21)31-12-5-2)16(3)25-23(27)15-32-20-8-6-7-19(24(28)29)18(20)14-26/h6-10,13-14,16,28-29H,4-5,11-12,15H2,1-3H3,(H,25,27). The van der Waals surface area contributed by atoms with Gasteiger partial charge in [0.2, 0.25) is 0 Å². The van der Waals surface area contributed by atoms with Crippen LogP contribution in [-0.4, -0.2) is 49.2 Å². The summed E-state index contributed by atoms with van der Waals surface area (Å²) in [6, 6.07) is 9.62. The number of amides is 1. The van der Waals surface area contributed by atoms with Crippen molar-refractivity contribution in [2.45, 2.75) is 39.7 Å². The average molecular weight is 443 g/mol. The summed E-state index contributed by atoms with van der Waals surface area (Å²) in [5, 5.41) is 21.6. The summed E-state index contributed by atoms with van der Waals surface area (Å²) < 4.78 is 17.0. The Morgan fingerprint density at radius 1 is 1.03 bits per heavy atom. The number of carbonyl (C=O) groups is 2. The van der Waals surface area contributed by atoms with Crippen LogP contribution in [-0.2, 0) is 4.79 Å². The van der Waals surface area contributed by atoms with Gasteiger partial charge in [-0.05, 0) is 49.0 Å². The molecule has 0 saturated carbocycles. The highest BCUT2D eigenvalue weighted by molar-refractivity contribution is 6.60. The highest BCUT2D eigenvalue weighted by Crippen LogP contribution is 2.31. The van der Waals surface area contributed by atoms with Gasteiger partial charge in [-0.3, -0.25) is 9.59 Å². The van der Waals surface area contributed by atoms with Crippen molar-refractivity contribution in [3.63, 3.8) is 0 Å². The zero-order chi connectivity index (χ0) is 23.5. The van der Waals surface area contributed by atoms with Gasteiger partial charge < -0.3 is 29.6 Å². The minimum Gasteiger partial charge on any atom is -0.490 e. The fourth-order valence-corrected chi connectivity index (χ4v) is 3.00. The molecule has 0 heterocycles. The van der Waals surface area contributed by atoms with Gasteiger partial charge in [0, 0.05) is 0 Å². The molecule has 0 fully saturated rings. The van der Waals surface area contributed by atoms with Gasteiger partial charge >= 0.3 is 7.12 Å². The molecule has 0 aliphatic rings. The van der Waals surface area contributed by atoms with E-state index < -0.39 is 13.0 Å². The molecule has 0 aliphatic carbocycles. The Kier molecular flexibility index (Phi) is 10.0. The van der Waals surface area contributed by atoms with Crippen LogP contribution in [0.5, 0.6) is 17.2 Å². The summed E-state index contributed by atoms with van der Waals surface area (Å²) in [6.45, 7) is 6.69. The van der Waals surface area contributed by atoms with Gasteiger partial charge in [0.05, 0.1) is 24.8 Å². The van der Waals surface area contributed by atoms with Gasteiger partial charge in [0.25, 0.3) is 5.91 Å². The first-order chi connectivity index (χ1) is 15.4. The molecule has 172 valence electrons. The minimum absolute atomic E-state index is 0.0104. The summed E-state index contributed by atoms with van der Waals surface area (Å²) in [6.07, 6.45) is 2.20. The molecule has 1 amide bonds. The predicted octanol–water partition coefficient (Wildman–Crippen LogP) is 2.01. The molecule has 0 radical (unpaired) electrons. The fraction of sp³-hybridized carbons (Fsp3) is 0.391. The maximum absolute atomic E-state index is 12.4. The van der Waals surface area contributed by atoms with Crippen LogP contribution in [0.3, 0.4) is 0 Å². The molecule has 0 bridgehead atoms. The van der Waals surface area contributed by atoms with Crippen molar-refractivity contribution in [2.75, 3.05) is 19.8 Å². The van der Waals surface area contributed by atoms with Crippen LogP contribution in [0.2, 0.25) is 0 Å². The van der Waals surface area contributed by atoms with E-state index in [-0.39, 0.29) is 29.4 Å². The second-order valence-corrected chi connectivity index (χ2v) is 7.23. The van der Waals surface area contributed by atoms with E-state index in [2.05, 4.69) is 5.32 Å². The topological polar surface area (TPSA) is 114 Å². The molecule has 0 saturated heterocycles. The van der Waals surface area contributed by atoms with E-state index >= 15 is 0 Å². The third-order valence-corrected chi connectivity index (χ3v) is 4.62. The molecule has 2 aromatic rings. The highest BCUT2D eigenvalue weighted by Gasteiger charge is 2.20. The highest BCUT2D eigenvalue weighted by atomic mass is 16.5. The molecular formula is C23H30BNO7. The quantitative estimate of drug-likeness (QED) is 0.321. The third-order valence-electron chi connectivity index (χ3n) is 4.62. The monoisotopic (exact) mass is 443 g/mol. The van der Waals surface area contributed by atoms with Crippen molar-refractivity contribution in [3.8, 4) is 17.2 Å². The molecule has 8 nitrogen and oxygen atoms in total. The molecule has 2 aromatic carbocycles. The Labute approximate surface area is 188 Å². The molecule has 3 N–H and O–H groups in total. The van der Waals surface area contributed by atoms with Crippen molar-refractivity contribution >= 4 is 24.8 Å². The summed E-state index contributed by atoms with van der Waals surface area (Å²) in [5.74, 6) is 0.996. The molecule has 0 spiro atoms. The lowest BCUT2D eigenvalue weighted by Gasteiger charge is -2.18. The van der Waals surface area contributed by atoms with Crippen molar-refractivity contribution in [3.05, 3.63) is 47.5 Å². The molecule has 1 atom stereocenters. The first-order valence-electron chi connectivity index (χ1n) is 10.7. The molecule has 1 unspecified atom stereocenters. The summed E-state index contributed by atoms with van der Waals surface area (Å²) >= 11 is 0. The maximum Gasteiger partial charge on any atom is 0.489 e. The Morgan fingerprint density at radius 3 is 2.34 bits per heavy atom. The van der Waals surface area contributed by atoms with Gasteiger partial charge in [-0.25, -0.2) is 0 Å². The van der Waals surface area contributed by atoms with Crippen molar-refractivity contribution in [2.24, 2.45) is 0 Å². The zero-order valence-corrected chi connectivity index (χ0v) is 18.7. The number of ether oxygens (including phenoxy) is 3. The van der Waals surface area contributed by atoms with Gasteiger partial charge in [0.1, 0.15) is 5.75 Å². The Morgan fingerprint density at radius 2 is 1.72 bits per heavy atom. The van der Waals surface area contributed by atoms with Gasteiger partial charge in [-0.2, -0.15) is 0 Å². The largest absolute Gasteiger partial charge is 0.490 e. The van der Waals surface area contributed by atoms with Crippen LogP contribution in [0, 0.1) is 0 Å². The average Bonchev–Trinajstić information content (AvgIpc) is 2.79. The number of rotatable bonds is 13. The number of aldehydes is 1. The number of hydrogen-bond donors (Lipinski definition) is 3. The number of nitrogens with one attached hydrogen (secondary N) is 1. The van der Waals surface area contributed by atoms with E-state index in [9.17, 15) is 19.6 Å². The number of hydrogen-bond acceptors (Lipinski definition) is 7. The zero-order valence-electron chi connectivity index (χ0n) is 18.7. The van der Waals surface area contributed by atoms with Crippen LogP contribution in [0.1, 0.15) is 55.6 Å². The van der Waals surface area contributed by atoms with E-state index in [4.69, 9.17) is 14.2 Å². The predicted molar refractivity (Wildman–Crippen MR) is 122 cm³/mol. The second kappa shape index (κ2) is 12.7. The fourth-order valence-electron chi connectivity index (χ4n) is 3.00. The summed E-state index contributed by atoms with van der Waals surface area (Å²) in [4.78, 5) is 23.7. The Bertz CT molecular complexity index is 904. The maximum atomic E-state index is 12.4. The molecule has 9 heteroatoms. The van der Waals surface area contributed by atoms with Gasteiger partial charge in [0.15, 0.2) is 24.4 Å². The van der Waals surface area contributed by atoms with Crippen LogP contribution < -0.4 is 25.0 Å². The number of benzene rings is 2. The lowest BCUT2D eigenvalue weighted by Crippen LogP contribution is -2.34. The van der Waals surface area contributed by atoms with Gasteiger partial charge in [-0.1, -0.05) is 32.0 Å². The summed E-state index contributed by atoms with van der Waals surface area (Å²) in [7, 11) is -1.82.